The van der Waals surface area contributed by atoms with Crippen LogP contribution in [0.25, 0.3) is 0 Å². The van der Waals surface area contributed by atoms with Crippen LogP contribution in [0.1, 0.15) is 17.9 Å². The summed E-state index contributed by atoms with van der Waals surface area (Å²) in [7, 11) is -1.92. The minimum absolute atomic E-state index is 0.598. The lowest BCUT2D eigenvalue weighted by atomic mass is 10.2. The summed E-state index contributed by atoms with van der Waals surface area (Å²) in [6.45, 7) is 2.47. The van der Waals surface area contributed by atoms with Gasteiger partial charge in [-0.1, -0.05) is 37.3 Å². The van der Waals surface area contributed by atoms with Crippen molar-refractivity contribution >= 4 is 10.0 Å². The molecule has 1 aromatic rings. The van der Waals surface area contributed by atoms with Crippen LogP contribution in [0.2, 0.25) is 0 Å². The van der Waals surface area contributed by atoms with Gasteiger partial charge in [0.25, 0.3) is 0 Å². The number of sulfonamides is 1. The molecule has 2 N–H and O–H groups in total. The molecule has 4 nitrogen and oxygen atoms in total. The average molecular weight is 228 g/mol. The normalized spacial score (nSPS) is 13.7. The van der Waals surface area contributed by atoms with Crippen LogP contribution in [-0.4, -0.2) is 22.0 Å². The largest absolute Gasteiger partial charge is 0.297 e. The number of benzene rings is 1. The molecule has 15 heavy (non-hydrogen) atoms. The van der Waals surface area contributed by atoms with Crippen molar-refractivity contribution in [2.75, 3.05) is 13.6 Å². The van der Waals surface area contributed by atoms with E-state index in [0.29, 0.717) is 6.54 Å². The molecule has 0 aliphatic carbocycles. The molecule has 0 aliphatic heterocycles. The summed E-state index contributed by atoms with van der Waals surface area (Å²) < 4.78 is 25.8. The van der Waals surface area contributed by atoms with E-state index in [2.05, 4.69) is 10.0 Å². The summed E-state index contributed by atoms with van der Waals surface area (Å²) in [4.78, 5) is 0. The lowest BCUT2D eigenvalue weighted by Gasteiger charge is -2.17. The van der Waals surface area contributed by atoms with E-state index in [4.69, 9.17) is 0 Å². The number of rotatable bonds is 5. The van der Waals surface area contributed by atoms with Crippen molar-refractivity contribution in [3.8, 4) is 0 Å². The molecular formula is C10H16N2O2S. The monoisotopic (exact) mass is 228 g/mol. The van der Waals surface area contributed by atoms with Gasteiger partial charge in [-0.2, -0.15) is 0 Å². The van der Waals surface area contributed by atoms with E-state index in [-0.39, 0.29) is 0 Å². The fourth-order valence-corrected chi connectivity index (χ4v) is 2.48. The molecule has 0 amide bonds. The fraction of sp³-hybridized carbons (Fsp3) is 0.400. The molecule has 1 unspecified atom stereocenters. The second-order valence-corrected chi connectivity index (χ2v) is 5.07. The summed E-state index contributed by atoms with van der Waals surface area (Å²) in [5.74, 6) is 0. The van der Waals surface area contributed by atoms with Crippen LogP contribution in [0.5, 0.6) is 0 Å². The highest BCUT2D eigenvalue weighted by atomic mass is 32.2. The van der Waals surface area contributed by atoms with Gasteiger partial charge in [-0.3, -0.25) is 5.32 Å². The second-order valence-electron chi connectivity index (χ2n) is 3.10. The maximum atomic E-state index is 11.7. The van der Waals surface area contributed by atoms with Gasteiger partial charge in [0.15, 0.2) is 5.37 Å². The van der Waals surface area contributed by atoms with Gasteiger partial charge in [-0.15, -0.1) is 0 Å². The number of nitrogens with one attached hydrogen (secondary N) is 2. The molecule has 0 saturated heterocycles. The zero-order valence-electron chi connectivity index (χ0n) is 8.90. The molecule has 0 aromatic heterocycles. The summed E-state index contributed by atoms with van der Waals surface area (Å²) >= 11 is 0. The van der Waals surface area contributed by atoms with E-state index in [1.165, 1.54) is 7.05 Å². The van der Waals surface area contributed by atoms with Gasteiger partial charge in [-0.05, 0) is 19.2 Å². The Kier molecular flexibility index (Phi) is 4.26. The topological polar surface area (TPSA) is 58.2 Å². The van der Waals surface area contributed by atoms with Crippen LogP contribution in [0.15, 0.2) is 30.3 Å². The summed E-state index contributed by atoms with van der Waals surface area (Å²) in [6.07, 6.45) is 0. The van der Waals surface area contributed by atoms with E-state index >= 15 is 0 Å². The fourth-order valence-electron chi connectivity index (χ4n) is 1.34. The van der Waals surface area contributed by atoms with Crippen LogP contribution in [-0.2, 0) is 10.0 Å². The Bertz CT molecular complexity index is 389. The first-order valence-corrected chi connectivity index (χ1v) is 6.37. The Morgan fingerprint density at radius 1 is 1.27 bits per heavy atom. The van der Waals surface area contributed by atoms with Gasteiger partial charge >= 0.3 is 0 Å². The van der Waals surface area contributed by atoms with E-state index < -0.39 is 15.4 Å². The van der Waals surface area contributed by atoms with E-state index in [1.807, 2.05) is 25.1 Å². The van der Waals surface area contributed by atoms with Gasteiger partial charge in [0.1, 0.15) is 0 Å². The van der Waals surface area contributed by atoms with Gasteiger partial charge in [0.2, 0.25) is 10.0 Å². The van der Waals surface area contributed by atoms with E-state index in [0.717, 1.165) is 5.56 Å². The molecule has 5 heteroatoms. The maximum absolute atomic E-state index is 11.7. The zero-order chi connectivity index (χ0) is 11.3. The zero-order valence-corrected chi connectivity index (χ0v) is 9.71. The quantitative estimate of drug-likeness (QED) is 0.785. The molecule has 0 saturated carbocycles. The smallest absolute Gasteiger partial charge is 0.231 e. The lowest BCUT2D eigenvalue weighted by molar-refractivity contribution is 0.552. The Hall–Kier alpha value is -0.910. The standard InChI is InChI=1S/C10H16N2O2S/c1-3-12-10(15(13,14)11-2)9-7-5-4-6-8-9/h4-8,10-12H,3H2,1-2H3. The van der Waals surface area contributed by atoms with Gasteiger partial charge in [0, 0.05) is 0 Å². The first-order valence-electron chi connectivity index (χ1n) is 4.82. The minimum Gasteiger partial charge on any atom is -0.297 e. The van der Waals surface area contributed by atoms with Crippen molar-refractivity contribution in [2.45, 2.75) is 12.3 Å². The average Bonchev–Trinajstić information content (AvgIpc) is 2.27. The molecule has 0 spiro atoms. The molecule has 1 atom stereocenters. The predicted octanol–water partition coefficient (Wildman–Crippen LogP) is 0.844. The van der Waals surface area contributed by atoms with Crippen LogP contribution in [0.3, 0.4) is 0 Å². The van der Waals surface area contributed by atoms with Crippen LogP contribution in [0, 0.1) is 0 Å². The molecule has 0 aliphatic rings. The SMILES string of the molecule is CCNC(c1ccccc1)S(=O)(=O)NC. The Morgan fingerprint density at radius 2 is 1.87 bits per heavy atom. The highest BCUT2D eigenvalue weighted by molar-refractivity contribution is 7.89. The summed E-state index contributed by atoms with van der Waals surface area (Å²) in [5, 5.41) is 2.25. The highest BCUT2D eigenvalue weighted by Crippen LogP contribution is 2.17. The first kappa shape index (κ1) is 12.2. The van der Waals surface area contributed by atoms with Crippen molar-refractivity contribution in [1.82, 2.24) is 10.0 Å². The Balaban J connectivity index is 3.04. The molecule has 1 aromatic carbocycles. The molecule has 0 fully saturated rings. The lowest BCUT2D eigenvalue weighted by Crippen LogP contribution is -2.35. The summed E-state index contributed by atoms with van der Waals surface area (Å²) in [6, 6.07) is 9.10. The van der Waals surface area contributed by atoms with Crippen LogP contribution in [0.4, 0.5) is 0 Å². The van der Waals surface area contributed by atoms with Gasteiger partial charge in [-0.25, -0.2) is 13.1 Å². The molecule has 1 rings (SSSR count). The van der Waals surface area contributed by atoms with Crippen molar-refractivity contribution in [3.63, 3.8) is 0 Å². The molecule has 0 bridgehead atoms. The molecule has 0 heterocycles. The third-order valence-electron chi connectivity index (χ3n) is 2.09. The van der Waals surface area contributed by atoms with Crippen molar-refractivity contribution in [1.29, 1.82) is 0 Å². The Labute approximate surface area is 90.8 Å². The second kappa shape index (κ2) is 5.25. The number of hydrogen-bond donors (Lipinski definition) is 2. The predicted molar refractivity (Wildman–Crippen MR) is 60.8 cm³/mol. The van der Waals surface area contributed by atoms with Crippen molar-refractivity contribution in [2.24, 2.45) is 0 Å². The third-order valence-corrected chi connectivity index (χ3v) is 3.72. The van der Waals surface area contributed by atoms with E-state index in [9.17, 15) is 8.42 Å². The molecular weight excluding hydrogens is 212 g/mol. The molecule has 0 radical (unpaired) electrons. The van der Waals surface area contributed by atoms with Gasteiger partial charge < -0.3 is 0 Å². The maximum Gasteiger partial charge on any atom is 0.231 e. The highest BCUT2D eigenvalue weighted by Gasteiger charge is 2.23. The van der Waals surface area contributed by atoms with Crippen LogP contribution < -0.4 is 10.0 Å². The Morgan fingerprint density at radius 3 is 2.33 bits per heavy atom. The first-order chi connectivity index (χ1) is 7.11. The number of hydrogen-bond acceptors (Lipinski definition) is 3. The molecule has 84 valence electrons. The summed E-state index contributed by atoms with van der Waals surface area (Å²) in [5.41, 5.74) is 0.744. The van der Waals surface area contributed by atoms with Crippen molar-refractivity contribution < 1.29 is 8.42 Å². The van der Waals surface area contributed by atoms with E-state index in [1.54, 1.807) is 12.1 Å². The van der Waals surface area contributed by atoms with Crippen LogP contribution >= 0.6 is 0 Å². The van der Waals surface area contributed by atoms with Gasteiger partial charge in [0.05, 0.1) is 0 Å². The minimum atomic E-state index is -3.34. The third kappa shape index (κ3) is 3.02. The van der Waals surface area contributed by atoms with Crippen molar-refractivity contribution in [3.05, 3.63) is 35.9 Å².